The van der Waals surface area contributed by atoms with Gasteiger partial charge in [0.15, 0.2) is 16.3 Å². The number of benzene rings is 2. The van der Waals surface area contributed by atoms with Crippen LogP contribution in [0.2, 0.25) is 0 Å². The Morgan fingerprint density at radius 2 is 1.89 bits per heavy atom. The average Bonchev–Trinajstić information content (AvgIpc) is 3.47. The zero-order valence-corrected chi connectivity index (χ0v) is 20.6. The van der Waals surface area contributed by atoms with Crippen LogP contribution in [-0.4, -0.2) is 37.0 Å². The van der Waals surface area contributed by atoms with Gasteiger partial charge >= 0.3 is 11.9 Å². The number of thiazole rings is 1. The lowest BCUT2D eigenvalue weighted by Crippen LogP contribution is -2.39. The highest BCUT2D eigenvalue weighted by Crippen LogP contribution is 2.38. The van der Waals surface area contributed by atoms with Crippen LogP contribution in [0.4, 0.5) is 0 Å². The maximum Gasteiger partial charge on any atom is 0.338 e. The maximum atomic E-state index is 13.7. The van der Waals surface area contributed by atoms with Crippen molar-refractivity contribution in [2.75, 3.05) is 20.5 Å². The molecule has 10 heteroatoms. The number of fused-ring (bicyclic) bond motifs is 2. The van der Waals surface area contributed by atoms with Gasteiger partial charge in [-0.3, -0.25) is 9.36 Å². The van der Waals surface area contributed by atoms with Gasteiger partial charge in [0.05, 0.1) is 41.1 Å². The Labute approximate surface area is 209 Å². The quantitative estimate of drug-likeness (QED) is 0.489. The summed E-state index contributed by atoms with van der Waals surface area (Å²) in [6.45, 7) is 3.75. The van der Waals surface area contributed by atoms with Gasteiger partial charge in [0.25, 0.3) is 5.56 Å². The number of ether oxygens (including phenoxy) is 4. The van der Waals surface area contributed by atoms with Crippen molar-refractivity contribution in [2.24, 2.45) is 4.99 Å². The Bertz CT molecular complexity index is 1580. The second-order valence-corrected chi connectivity index (χ2v) is 9.04. The molecule has 2 aromatic carbocycles. The van der Waals surface area contributed by atoms with Crippen molar-refractivity contribution in [3.05, 3.63) is 90.1 Å². The number of hydrogen-bond donors (Lipinski definition) is 0. The van der Waals surface area contributed by atoms with Crippen molar-refractivity contribution in [3.63, 3.8) is 0 Å². The molecule has 2 aliphatic heterocycles. The van der Waals surface area contributed by atoms with E-state index in [1.807, 2.05) is 0 Å². The molecule has 0 bridgehead atoms. The number of aromatic nitrogens is 1. The molecule has 0 fully saturated rings. The minimum absolute atomic E-state index is 0.107. The van der Waals surface area contributed by atoms with Crippen molar-refractivity contribution in [1.82, 2.24) is 4.57 Å². The standard InChI is InChI=1S/C26H22N2O7S/c1-4-33-25(31)21-14(2)27-26-28(22(21)17-9-10-18-19(12-17)35-13-34-18)23(29)20(36-26)11-15-5-7-16(8-6-15)24(30)32-3/h5-12,22H,4,13H2,1-3H3/b20-11-. The summed E-state index contributed by atoms with van der Waals surface area (Å²) in [7, 11) is 1.32. The minimum atomic E-state index is -0.751. The summed E-state index contributed by atoms with van der Waals surface area (Å²) < 4.78 is 23.0. The first-order valence-electron chi connectivity index (χ1n) is 11.2. The van der Waals surface area contributed by atoms with E-state index in [4.69, 9.17) is 18.9 Å². The van der Waals surface area contributed by atoms with E-state index in [0.29, 0.717) is 37.7 Å². The summed E-state index contributed by atoms with van der Waals surface area (Å²) in [6.07, 6.45) is 1.73. The maximum absolute atomic E-state index is 13.7. The van der Waals surface area contributed by atoms with Crippen LogP contribution in [0.1, 0.15) is 41.4 Å². The van der Waals surface area contributed by atoms with Crippen LogP contribution >= 0.6 is 11.3 Å². The molecular weight excluding hydrogens is 484 g/mol. The molecule has 0 aliphatic carbocycles. The van der Waals surface area contributed by atoms with Crippen molar-refractivity contribution < 1.29 is 28.5 Å². The normalized spacial score (nSPS) is 16.4. The highest BCUT2D eigenvalue weighted by Gasteiger charge is 2.34. The Morgan fingerprint density at radius 3 is 2.61 bits per heavy atom. The number of carbonyl (C=O) groups excluding carboxylic acids is 2. The largest absolute Gasteiger partial charge is 0.465 e. The van der Waals surface area contributed by atoms with Crippen molar-refractivity contribution in [3.8, 4) is 11.5 Å². The van der Waals surface area contributed by atoms with Crippen LogP contribution in [-0.2, 0) is 14.3 Å². The van der Waals surface area contributed by atoms with E-state index < -0.39 is 18.0 Å². The Kier molecular flexibility index (Phi) is 6.19. The second-order valence-electron chi connectivity index (χ2n) is 8.03. The summed E-state index contributed by atoms with van der Waals surface area (Å²) >= 11 is 1.22. The molecular formula is C26H22N2O7S. The first-order valence-corrected chi connectivity index (χ1v) is 12.0. The number of allylic oxidation sites excluding steroid dienone is 1. The fraction of sp³-hybridized carbons (Fsp3) is 0.231. The van der Waals surface area contributed by atoms with Crippen molar-refractivity contribution >= 4 is 29.4 Å². The van der Waals surface area contributed by atoms with E-state index in [1.165, 1.54) is 23.0 Å². The molecule has 1 atom stereocenters. The molecule has 0 saturated heterocycles. The van der Waals surface area contributed by atoms with Gasteiger partial charge < -0.3 is 18.9 Å². The van der Waals surface area contributed by atoms with E-state index in [1.54, 1.807) is 62.4 Å². The van der Waals surface area contributed by atoms with Gasteiger partial charge in [0, 0.05) is 0 Å². The van der Waals surface area contributed by atoms with Gasteiger partial charge in [-0.15, -0.1) is 0 Å². The molecule has 2 aliphatic rings. The van der Waals surface area contributed by atoms with E-state index >= 15 is 0 Å². The number of methoxy groups -OCH3 is 1. The summed E-state index contributed by atoms with van der Waals surface area (Å²) in [5, 5.41) is 0. The average molecular weight is 507 g/mol. The SMILES string of the molecule is CCOC(=O)C1=C(C)N=c2s/c(=C\c3ccc(C(=O)OC)cc3)c(=O)n2C1c1ccc2c(c1)OCO2. The topological polar surface area (TPSA) is 105 Å². The molecule has 0 amide bonds. The van der Waals surface area contributed by atoms with E-state index in [-0.39, 0.29) is 24.5 Å². The number of nitrogens with zero attached hydrogens (tertiary/aromatic N) is 2. The van der Waals surface area contributed by atoms with E-state index in [9.17, 15) is 14.4 Å². The molecule has 3 heterocycles. The molecule has 184 valence electrons. The molecule has 1 aromatic heterocycles. The third-order valence-corrected chi connectivity index (χ3v) is 6.84. The highest BCUT2D eigenvalue weighted by molar-refractivity contribution is 7.07. The van der Waals surface area contributed by atoms with Crippen LogP contribution in [0.15, 0.2) is 63.5 Å². The molecule has 0 spiro atoms. The molecule has 0 saturated carbocycles. The van der Waals surface area contributed by atoms with Gasteiger partial charge in [0.2, 0.25) is 6.79 Å². The Hall–Kier alpha value is -4.18. The monoisotopic (exact) mass is 506 g/mol. The fourth-order valence-electron chi connectivity index (χ4n) is 4.17. The minimum Gasteiger partial charge on any atom is -0.465 e. The first kappa shape index (κ1) is 23.6. The lowest BCUT2D eigenvalue weighted by atomic mass is 9.95. The lowest BCUT2D eigenvalue weighted by Gasteiger charge is -2.24. The summed E-state index contributed by atoms with van der Waals surface area (Å²) in [4.78, 5) is 43.4. The molecule has 5 rings (SSSR count). The molecule has 0 N–H and O–H groups in total. The van der Waals surface area contributed by atoms with Gasteiger partial charge in [-0.2, -0.15) is 0 Å². The Morgan fingerprint density at radius 1 is 1.14 bits per heavy atom. The molecule has 0 radical (unpaired) electrons. The summed E-state index contributed by atoms with van der Waals surface area (Å²) in [5.74, 6) is 0.166. The predicted octanol–water partition coefficient (Wildman–Crippen LogP) is 2.31. The number of hydrogen-bond acceptors (Lipinski definition) is 9. The Balaban J connectivity index is 1.66. The highest BCUT2D eigenvalue weighted by atomic mass is 32.1. The zero-order chi connectivity index (χ0) is 25.4. The smallest absolute Gasteiger partial charge is 0.338 e. The third-order valence-electron chi connectivity index (χ3n) is 5.86. The molecule has 1 unspecified atom stereocenters. The summed E-state index contributed by atoms with van der Waals surface area (Å²) in [5.41, 5.74) is 2.28. The van der Waals surface area contributed by atoms with Gasteiger partial charge in [0.1, 0.15) is 0 Å². The lowest BCUT2D eigenvalue weighted by molar-refractivity contribution is -0.139. The van der Waals surface area contributed by atoms with E-state index in [2.05, 4.69) is 4.99 Å². The first-order chi connectivity index (χ1) is 17.4. The number of carbonyl (C=O) groups is 2. The third kappa shape index (κ3) is 4.09. The van der Waals surface area contributed by atoms with Crippen LogP contribution < -0.4 is 24.4 Å². The van der Waals surface area contributed by atoms with E-state index in [0.717, 1.165) is 5.56 Å². The zero-order valence-electron chi connectivity index (χ0n) is 19.8. The molecule has 3 aromatic rings. The number of rotatable bonds is 5. The molecule has 9 nitrogen and oxygen atoms in total. The van der Waals surface area contributed by atoms with Crippen LogP contribution in [0.25, 0.3) is 6.08 Å². The molecule has 36 heavy (non-hydrogen) atoms. The van der Waals surface area contributed by atoms with Gasteiger partial charge in [-0.25, -0.2) is 14.6 Å². The van der Waals surface area contributed by atoms with Crippen molar-refractivity contribution in [1.29, 1.82) is 0 Å². The summed E-state index contributed by atoms with van der Waals surface area (Å²) in [6, 6.07) is 11.3. The fourth-order valence-corrected chi connectivity index (χ4v) is 5.22. The van der Waals surface area contributed by atoms with Gasteiger partial charge in [-0.05, 0) is 55.3 Å². The van der Waals surface area contributed by atoms with Crippen LogP contribution in [0.3, 0.4) is 0 Å². The van der Waals surface area contributed by atoms with Crippen LogP contribution in [0.5, 0.6) is 11.5 Å². The number of esters is 2. The predicted molar refractivity (Wildman–Crippen MR) is 131 cm³/mol. The second kappa shape index (κ2) is 9.46. The van der Waals surface area contributed by atoms with Crippen molar-refractivity contribution in [2.45, 2.75) is 19.9 Å². The van der Waals surface area contributed by atoms with Crippen LogP contribution in [0, 0.1) is 0 Å². The van der Waals surface area contributed by atoms with Gasteiger partial charge in [-0.1, -0.05) is 29.5 Å².